The Kier molecular flexibility index (Phi) is 45.1. The maximum atomic E-state index is 13.3. The van der Waals surface area contributed by atoms with Gasteiger partial charge in [-0.25, -0.2) is 26.3 Å². The number of hydrogen-bond acceptors (Lipinski definition) is 2. The Morgan fingerprint density at radius 2 is 0.737 bits per heavy atom. The molecule has 4 atom stereocenters. The Morgan fingerprint density at radius 1 is 0.333 bits per heavy atom. The lowest BCUT2D eigenvalue weighted by molar-refractivity contribution is 0.330. The molecule has 8 rings (SSSR count). The number of halogens is 10. The predicted molar refractivity (Wildman–Crippen MR) is 418 cm³/mol. The molecule has 0 heterocycles. The highest BCUT2D eigenvalue weighted by Gasteiger charge is 2.17. The van der Waals surface area contributed by atoms with E-state index < -0.39 is 0 Å². The second kappa shape index (κ2) is 49.0. The summed E-state index contributed by atoms with van der Waals surface area (Å²) in [5.41, 5.74) is 8.46. The van der Waals surface area contributed by atoms with E-state index in [1.807, 2.05) is 44.2 Å². The SMILES string of the molecule is CC(C)Cc1c(F)cccc1Cl.CC(C)Cc1ccc(F)c(Cl)c1.CC(C)Cc1cccc(F)c1.CC(C)[C@@H](CN(C)C)c1ccccc1.CC(C)[C@H](C)c1ccc(F)c(Cl)c1.CC(C)[C@H](C)c1cccc(Cl)c1.CC(C)[C@H](C)c1cccc(F)c1.COc1cccc(F)c1CC(C)C. The summed E-state index contributed by atoms with van der Waals surface area (Å²) in [5.74, 6) is 5.89. The van der Waals surface area contributed by atoms with Crippen molar-refractivity contribution in [1.82, 2.24) is 4.90 Å². The van der Waals surface area contributed by atoms with Crippen LogP contribution in [0.2, 0.25) is 20.1 Å². The molecule has 0 fully saturated rings. The van der Waals surface area contributed by atoms with E-state index in [0.717, 1.165) is 53.1 Å². The quantitative estimate of drug-likeness (QED) is 0.0748. The average molecular weight is 1450 g/mol. The largest absolute Gasteiger partial charge is 0.496 e. The minimum Gasteiger partial charge on any atom is -0.496 e. The van der Waals surface area contributed by atoms with Gasteiger partial charge in [0, 0.05) is 27.7 Å². The molecule has 0 N–H and O–H groups in total. The van der Waals surface area contributed by atoms with Crippen molar-refractivity contribution < 1.29 is 31.1 Å². The van der Waals surface area contributed by atoms with Gasteiger partial charge in [0.2, 0.25) is 0 Å². The number of benzene rings is 8. The molecule has 0 unspecified atom stereocenters. The molecule has 0 aliphatic heterocycles. The van der Waals surface area contributed by atoms with E-state index >= 15 is 0 Å². The Balaban J connectivity index is 0.000000566. The second-order valence-corrected chi connectivity index (χ2v) is 30.5. The number of likely N-dealkylation sites (N-methyl/N-ethyl adjacent to an activating group) is 1. The molecule has 0 saturated heterocycles. The zero-order valence-electron chi connectivity index (χ0n) is 63.3. The zero-order valence-corrected chi connectivity index (χ0v) is 66.4. The van der Waals surface area contributed by atoms with E-state index in [4.69, 9.17) is 51.1 Å². The third kappa shape index (κ3) is 38.2. The Morgan fingerprint density at radius 3 is 1.16 bits per heavy atom. The normalized spacial score (nSPS) is 12.1. The standard InChI is InChI=1S/C13H21N.C11H14ClF.C11H15Cl.C11H15FO.C11H15F.2C10H12ClF.C10H13F/c1-11(2)13(10-14(3)4)12-8-6-5-7-9-12;1-7(2)8(3)9-4-5-11(13)10(12)6-9;1-8(2)9(3)10-5-4-6-11(12)7-10;1-8(2)7-9-10(12)5-4-6-11(9)13-3;1-8(2)9(3)10-5-4-6-11(12)7-10;1-7(2)5-8-3-4-10(12)9(11)6-8;1-7(2)6-8-9(11)4-3-5-10(8)12;1-8(2)6-9-4-3-5-10(11)7-9/h5-9,11,13H,10H2,1-4H3;4-8H,1-3H3;4-9H,1-3H3;4-6,8H,7H2,1-3H3;4-9H,1-3H3;3-4,6-7H,5H2,1-2H3;3-5,7H,6H2,1-2H3;3-5,7-8H,6H2,1-2H3/t13-;8-;9-;;9-;;;/m100.0.../s1. The highest BCUT2D eigenvalue weighted by molar-refractivity contribution is 6.31. The number of rotatable bonds is 19. The summed E-state index contributed by atoms with van der Waals surface area (Å²) in [6.45, 7) is 41.9. The Bertz CT molecular complexity index is 3400. The van der Waals surface area contributed by atoms with Crippen LogP contribution in [-0.2, 0) is 25.7 Å². The molecule has 0 bridgehead atoms. The van der Waals surface area contributed by atoms with Gasteiger partial charge < -0.3 is 9.64 Å². The second-order valence-electron chi connectivity index (χ2n) is 28.8. The summed E-state index contributed by atoms with van der Waals surface area (Å²) >= 11 is 23.0. The molecule has 0 aliphatic carbocycles. The fraction of sp³-hybridized carbons (Fsp3) is 0.448. The van der Waals surface area contributed by atoms with Crippen LogP contribution >= 0.6 is 46.4 Å². The first-order valence-electron chi connectivity index (χ1n) is 35.0. The minimum atomic E-state index is -0.346. The average Bonchev–Trinajstić information content (AvgIpc) is 0.921. The van der Waals surface area contributed by atoms with Gasteiger partial charge in [-0.1, -0.05) is 269 Å². The summed E-state index contributed by atoms with van der Waals surface area (Å²) in [5, 5.41) is 1.79. The molecular formula is C87H117Cl4F6NO. The maximum Gasteiger partial charge on any atom is 0.141 e. The minimum absolute atomic E-state index is 0.136. The summed E-state index contributed by atoms with van der Waals surface area (Å²) in [4.78, 5) is 2.26. The lowest BCUT2D eigenvalue weighted by Gasteiger charge is -2.24. The van der Waals surface area contributed by atoms with Crippen LogP contribution in [0.4, 0.5) is 26.3 Å². The third-order valence-corrected chi connectivity index (χ3v) is 17.7. The lowest BCUT2D eigenvalue weighted by atomic mass is 9.88. The van der Waals surface area contributed by atoms with Crippen LogP contribution in [-0.4, -0.2) is 32.6 Å². The number of nitrogens with zero attached hydrogens (tertiary/aromatic N) is 1. The first kappa shape index (κ1) is 91.3. The summed E-state index contributed by atoms with van der Waals surface area (Å²) in [6.07, 6.45) is 3.32. The van der Waals surface area contributed by atoms with Gasteiger partial charge in [-0.2, -0.15) is 0 Å². The van der Waals surface area contributed by atoms with Crippen molar-refractivity contribution in [2.24, 2.45) is 47.3 Å². The van der Waals surface area contributed by atoms with Gasteiger partial charge in [-0.15, -0.1) is 0 Å². The number of hydrogen-bond donors (Lipinski definition) is 0. The topological polar surface area (TPSA) is 12.5 Å². The highest BCUT2D eigenvalue weighted by Crippen LogP contribution is 2.30. The van der Waals surface area contributed by atoms with Gasteiger partial charge in [0.05, 0.1) is 17.2 Å². The predicted octanol–water partition coefficient (Wildman–Crippen LogP) is 28.3. The summed E-state index contributed by atoms with van der Waals surface area (Å²) < 4.78 is 82.5. The van der Waals surface area contributed by atoms with Crippen molar-refractivity contribution in [1.29, 1.82) is 0 Å². The van der Waals surface area contributed by atoms with Gasteiger partial charge in [-0.3, -0.25) is 0 Å². The van der Waals surface area contributed by atoms with E-state index in [-0.39, 0.29) is 44.9 Å². The molecule has 99 heavy (non-hydrogen) atoms. The Labute approximate surface area is 615 Å². The van der Waals surface area contributed by atoms with Crippen LogP contribution in [0, 0.1) is 82.2 Å². The van der Waals surface area contributed by atoms with Crippen molar-refractivity contribution in [3.05, 3.63) is 275 Å². The third-order valence-electron chi connectivity index (χ3n) is 16.6. The fourth-order valence-corrected chi connectivity index (χ4v) is 10.9. The van der Waals surface area contributed by atoms with Crippen LogP contribution in [0.1, 0.15) is 200 Å². The van der Waals surface area contributed by atoms with Gasteiger partial charge in [0.15, 0.2) is 0 Å². The summed E-state index contributed by atoms with van der Waals surface area (Å²) in [6, 6.07) is 52.1. The molecule has 546 valence electrons. The number of ether oxygens (including phenoxy) is 1. The monoisotopic (exact) mass is 1450 g/mol. The van der Waals surface area contributed by atoms with E-state index in [1.165, 1.54) is 47.5 Å². The van der Waals surface area contributed by atoms with E-state index in [9.17, 15) is 26.3 Å². The van der Waals surface area contributed by atoms with Crippen molar-refractivity contribution >= 4 is 46.4 Å². The van der Waals surface area contributed by atoms with Crippen LogP contribution in [0.3, 0.4) is 0 Å². The summed E-state index contributed by atoms with van der Waals surface area (Å²) in [7, 11) is 5.84. The van der Waals surface area contributed by atoms with E-state index in [2.05, 4.69) is 173 Å². The maximum absolute atomic E-state index is 13.3. The van der Waals surface area contributed by atoms with Gasteiger partial charge in [0.1, 0.15) is 40.7 Å². The number of methoxy groups -OCH3 is 1. The molecule has 8 aromatic carbocycles. The lowest BCUT2D eigenvalue weighted by Crippen LogP contribution is -2.23. The molecule has 0 spiro atoms. The molecule has 0 saturated carbocycles. The molecule has 12 heteroatoms. The van der Waals surface area contributed by atoms with Crippen LogP contribution < -0.4 is 4.74 Å². The van der Waals surface area contributed by atoms with E-state index in [0.29, 0.717) is 99.3 Å². The molecule has 2 nitrogen and oxygen atoms in total. The smallest absolute Gasteiger partial charge is 0.141 e. The van der Waals surface area contributed by atoms with Gasteiger partial charge in [-0.05, 0) is 229 Å². The van der Waals surface area contributed by atoms with E-state index in [1.54, 1.807) is 79.9 Å². The van der Waals surface area contributed by atoms with Gasteiger partial charge >= 0.3 is 0 Å². The first-order valence-corrected chi connectivity index (χ1v) is 36.5. The molecular weight excluding hydrogens is 1330 g/mol. The van der Waals surface area contributed by atoms with Crippen LogP contribution in [0.15, 0.2) is 176 Å². The molecule has 0 aromatic heterocycles. The van der Waals surface area contributed by atoms with Crippen molar-refractivity contribution in [2.75, 3.05) is 27.7 Å². The van der Waals surface area contributed by atoms with Crippen molar-refractivity contribution in [3.8, 4) is 5.75 Å². The molecule has 0 aliphatic rings. The Hall–Kier alpha value is -5.74. The molecule has 0 radical (unpaired) electrons. The van der Waals surface area contributed by atoms with Gasteiger partial charge in [0.25, 0.3) is 0 Å². The van der Waals surface area contributed by atoms with Crippen LogP contribution in [0.25, 0.3) is 0 Å². The molecule has 0 amide bonds. The highest BCUT2D eigenvalue weighted by atomic mass is 35.5. The fourth-order valence-electron chi connectivity index (χ4n) is 10.1. The first-order chi connectivity index (χ1) is 46.4. The van der Waals surface area contributed by atoms with Crippen molar-refractivity contribution in [3.63, 3.8) is 0 Å². The van der Waals surface area contributed by atoms with Crippen LogP contribution in [0.5, 0.6) is 5.75 Å². The zero-order chi connectivity index (χ0) is 75.2. The van der Waals surface area contributed by atoms with Crippen molar-refractivity contribution in [2.45, 2.75) is 181 Å². The molecule has 8 aromatic rings.